The SMILES string of the molecule is Cc1nn(C)cc1NC(C)CCO. The highest BCUT2D eigenvalue weighted by Crippen LogP contribution is 2.13. The van der Waals surface area contributed by atoms with Gasteiger partial charge in [0.2, 0.25) is 0 Å². The Hall–Kier alpha value is -1.03. The van der Waals surface area contributed by atoms with Gasteiger partial charge in [0.15, 0.2) is 0 Å². The number of rotatable bonds is 4. The molecule has 74 valence electrons. The fourth-order valence-corrected chi connectivity index (χ4v) is 1.27. The standard InChI is InChI=1S/C9H17N3O/c1-7(4-5-13)10-9-6-12(3)11-8(9)2/h6-7,10,13H,4-5H2,1-3H3. The molecular formula is C9H17N3O. The van der Waals surface area contributed by atoms with E-state index in [1.165, 1.54) is 0 Å². The van der Waals surface area contributed by atoms with Gasteiger partial charge in [-0.2, -0.15) is 5.10 Å². The molecule has 0 saturated heterocycles. The van der Waals surface area contributed by atoms with E-state index in [0.29, 0.717) is 0 Å². The third-order valence-corrected chi connectivity index (χ3v) is 1.98. The summed E-state index contributed by atoms with van der Waals surface area (Å²) in [4.78, 5) is 0. The number of nitrogens with zero attached hydrogens (tertiary/aromatic N) is 2. The van der Waals surface area contributed by atoms with Crippen LogP contribution in [0.25, 0.3) is 0 Å². The second-order valence-corrected chi connectivity index (χ2v) is 3.36. The van der Waals surface area contributed by atoms with Crippen molar-refractivity contribution in [2.75, 3.05) is 11.9 Å². The van der Waals surface area contributed by atoms with Crippen molar-refractivity contribution in [2.24, 2.45) is 7.05 Å². The summed E-state index contributed by atoms with van der Waals surface area (Å²) in [6.07, 6.45) is 2.71. The van der Waals surface area contributed by atoms with Crippen LogP contribution in [-0.4, -0.2) is 27.5 Å². The molecule has 1 rings (SSSR count). The fourth-order valence-electron chi connectivity index (χ4n) is 1.27. The number of hydrogen-bond acceptors (Lipinski definition) is 3. The van der Waals surface area contributed by atoms with Crippen molar-refractivity contribution >= 4 is 5.69 Å². The summed E-state index contributed by atoms with van der Waals surface area (Å²) in [6, 6.07) is 0.285. The van der Waals surface area contributed by atoms with Crippen LogP contribution < -0.4 is 5.32 Å². The van der Waals surface area contributed by atoms with Crippen LogP contribution in [0, 0.1) is 6.92 Å². The molecule has 0 spiro atoms. The van der Waals surface area contributed by atoms with Crippen molar-refractivity contribution in [1.82, 2.24) is 9.78 Å². The molecular weight excluding hydrogens is 166 g/mol. The molecule has 1 heterocycles. The van der Waals surface area contributed by atoms with Crippen molar-refractivity contribution in [1.29, 1.82) is 0 Å². The molecule has 0 aliphatic carbocycles. The normalized spacial score (nSPS) is 12.9. The minimum Gasteiger partial charge on any atom is -0.396 e. The predicted molar refractivity (Wildman–Crippen MR) is 52.7 cm³/mol. The number of aliphatic hydroxyl groups is 1. The van der Waals surface area contributed by atoms with E-state index in [2.05, 4.69) is 10.4 Å². The maximum Gasteiger partial charge on any atom is 0.0825 e. The van der Waals surface area contributed by atoms with Crippen LogP contribution in [0.2, 0.25) is 0 Å². The smallest absolute Gasteiger partial charge is 0.0825 e. The average Bonchev–Trinajstić information content (AvgIpc) is 2.30. The molecule has 0 aliphatic heterocycles. The van der Waals surface area contributed by atoms with Crippen LogP contribution in [0.15, 0.2) is 6.20 Å². The van der Waals surface area contributed by atoms with E-state index in [1.54, 1.807) is 4.68 Å². The molecule has 2 N–H and O–H groups in total. The van der Waals surface area contributed by atoms with Gasteiger partial charge < -0.3 is 10.4 Å². The molecule has 1 atom stereocenters. The Morgan fingerprint density at radius 2 is 2.38 bits per heavy atom. The van der Waals surface area contributed by atoms with E-state index in [4.69, 9.17) is 5.11 Å². The fraction of sp³-hybridized carbons (Fsp3) is 0.667. The lowest BCUT2D eigenvalue weighted by Crippen LogP contribution is -2.16. The van der Waals surface area contributed by atoms with Crippen LogP contribution in [0.1, 0.15) is 19.0 Å². The molecule has 4 heteroatoms. The lowest BCUT2D eigenvalue weighted by molar-refractivity contribution is 0.282. The third kappa shape index (κ3) is 2.73. The van der Waals surface area contributed by atoms with E-state index in [9.17, 15) is 0 Å². The van der Waals surface area contributed by atoms with Crippen molar-refractivity contribution in [3.05, 3.63) is 11.9 Å². The maximum absolute atomic E-state index is 8.73. The summed E-state index contributed by atoms with van der Waals surface area (Å²) < 4.78 is 1.78. The van der Waals surface area contributed by atoms with Crippen LogP contribution in [-0.2, 0) is 7.05 Å². The van der Waals surface area contributed by atoms with Gasteiger partial charge in [-0.15, -0.1) is 0 Å². The maximum atomic E-state index is 8.73. The molecule has 0 bridgehead atoms. The van der Waals surface area contributed by atoms with Gasteiger partial charge in [0.05, 0.1) is 11.4 Å². The van der Waals surface area contributed by atoms with Gasteiger partial charge in [-0.05, 0) is 20.3 Å². The zero-order chi connectivity index (χ0) is 9.84. The molecule has 1 unspecified atom stereocenters. The van der Waals surface area contributed by atoms with Gasteiger partial charge in [0, 0.05) is 25.9 Å². The van der Waals surface area contributed by atoms with Crippen LogP contribution >= 0.6 is 0 Å². The number of hydrogen-bond donors (Lipinski definition) is 2. The summed E-state index contributed by atoms with van der Waals surface area (Å²) in [7, 11) is 1.90. The monoisotopic (exact) mass is 183 g/mol. The number of aromatic nitrogens is 2. The van der Waals surface area contributed by atoms with E-state index in [-0.39, 0.29) is 12.6 Å². The molecule has 0 amide bonds. The van der Waals surface area contributed by atoms with E-state index >= 15 is 0 Å². The Balaban J connectivity index is 2.57. The van der Waals surface area contributed by atoms with E-state index < -0.39 is 0 Å². The second kappa shape index (κ2) is 4.28. The first kappa shape index (κ1) is 10.1. The number of aliphatic hydroxyl groups excluding tert-OH is 1. The van der Waals surface area contributed by atoms with Gasteiger partial charge in [-0.3, -0.25) is 4.68 Å². The topological polar surface area (TPSA) is 50.1 Å². The van der Waals surface area contributed by atoms with Crippen molar-refractivity contribution in [3.63, 3.8) is 0 Å². The Morgan fingerprint density at radius 3 is 2.85 bits per heavy atom. The summed E-state index contributed by atoms with van der Waals surface area (Å²) in [5, 5.41) is 16.2. The van der Waals surface area contributed by atoms with Crippen LogP contribution in [0.3, 0.4) is 0 Å². The van der Waals surface area contributed by atoms with Gasteiger partial charge in [0.25, 0.3) is 0 Å². The Kier molecular flexibility index (Phi) is 3.31. The zero-order valence-electron chi connectivity index (χ0n) is 8.41. The first-order valence-corrected chi connectivity index (χ1v) is 4.51. The van der Waals surface area contributed by atoms with Gasteiger partial charge in [-0.1, -0.05) is 0 Å². The Morgan fingerprint density at radius 1 is 1.69 bits per heavy atom. The van der Waals surface area contributed by atoms with Crippen LogP contribution in [0.5, 0.6) is 0 Å². The minimum atomic E-state index is 0.216. The number of aryl methyl sites for hydroxylation is 2. The molecule has 0 aromatic carbocycles. The predicted octanol–water partition coefficient (Wildman–Crippen LogP) is 0.911. The highest BCUT2D eigenvalue weighted by Gasteiger charge is 2.05. The van der Waals surface area contributed by atoms with Gasteiger partial charge in [0.1, 0.15) is 0 Å². The lowest BCUT2D eigenvalue weighted by atomic mass is 10.2. The van der Waals surface area contributed by atoms with Crippen molar-refractivity contribution < 1.29 is 5.11 Å². The molecule has 0 saturated carbocycles. The van der Waals surface area contributed by atoms with Gasteiger partial charge in [-0.25, -0.2) is 0 Å². The summed E-state index contributed by atoms with van der Waals surface area (Å²) in [5.74, 6) is 0. The quantitative estimate of drug-likeness (QED) is 0.729. The summed E-state index contributed by atoms with van der Waals surface area (Å²) in [6.45, 7) is 4.23. The van der Waals surface area contributed by atoms with E-state index in [1.807, 2.05) is 27.1 Å². The first-order chi connectivity index (χ1) is 6.13. The first-order valence-electron chi connectivity index (χ1n) is 4.51. The minimum absolute atomic E-state index is 0.216. The highest BCUT2D eigenvalue weighted by atomic mass is 16.3. The summed E-state index contributed by atoms with van der Waals surface area (Å²) >= 11 is 0. The van der Waals surface area contributed by atoms with Crippen molar-refractivity contribution in [3.8, 4) is 0 Å². The molecule has 0 radical (unpaired) electrons. The number of nitrogens with one attached hydrogen (secondary N) is 1. The molecule has 1 aromatic heterocycles. The average molecular weight is 183 g/mol. The second-order valence-electron chi connectivity index (χ2n) is 3.36. The zero-order valence-corrected chi connectivity index (χ0v) is 8.41. The third-order valence-electron chi connectivity index (χ3n) is 1.98. The molecule has 4 nitrogen and oxygen atoms in total. The van der Waals surface area contributed by atoms with Crippen LogP contribution in [0.4, 0.5) is 5.69 Å². The van der Waals surface area contributed by atoms with E-state index in [0.717, 1.165) is 17.8 Å². The molecule has 0 fully saturated rings. The largest absolute Gasteiger partial charge is 0.396 e. The highest BCUT2D eigenvalue weighted by molar-refractivity contribution is 5.46. The molecule has 1 aromatic rings. The Labute approximate surface area is 78.6 Å². The molecule has 0 aliphatic rings. The number of anilines is 1. The molecule has 13 heavy (non-hydrogen) atoms. The lowest BCUT2D eigenvalue weighted by Gasteiger charge is -2.12. The Bertz CT molecular complexity index is 270. The summed E-state index contributed by atoms with van der Waals surface area (Å²) in [5.41, 5.74) is 2.04. The van der Waals surface area contributed by atoms with Crippen molar-refractivity contribution in [2.45, 2.75) is 26.3 Å². The van der Waals surface area contributed by atoms with Gasteiger partial charge >= 0.3 is 0 Å².